The lowest BCUT2D eigenvalue weighted by Gasteiger charge is -2.54. The second kappa shape index (κ2) is 9.78. The third-order valence-corrected chi connectivity index (χ3v) is 11.0. The van der Waals surface area contributed by atoms with Crippen LogP contribution in [0.25, 0.3) is 11.0 Å². The maximum absolute atomic E-state index is 13.7. The Labute approximate surface area is 216 Å². The van der Waals surface area contributed by atoms with E-state index in [4.69, 9.17) is 9.26 Å². The van der Waals surface area contributed by atoms with Gasteiger partial charge in [-0.1, -0.05) is 45.7 Å². The van der Waals surface area contributed by atoms with Crippen molar-refractivity contribution in [3.8, 4) is 5.88 Å². The molecular weight excluding hydrogens is 450 g/mol. The molecule has 0 bridgehead atoms. The highest BCUT2D eigenvalue weighted by molar-refractivity contribution is 5.85. The summed E-state index contributed by atoms with van der Waals surface area (Å²) in [6, 6.07) is 7.62. The Bertz CT molecular complexity index is 1080. The highest BCUT2D eigenvalue weighted by atomic mass is 16.5. The highest BCUT2D eigenvalue weighted by Gasteiger charge is 2.50. The van der Waals surface area contributed by atoms with Crippen LogP contribution in [0.5, 0.6) is 5.88 Å². The zero-order valence-corrected chi connectivity index (χ0v) is 22.7. The molecule has 0 saturated heterocycles. The molecule has 5 heteroatoms. The van der Waals surface area contributed by atoms with E-state index < -0.39 is 5.60 Å². The molecule has 7 atom stereocenters. The number of hydrogen-bond acceptors (Lipinski definition) is 5. The van der Waals surface area contributed by atoms with Gasteiger partial charge in [0.2, 0.25) is 0 Å². The maximum Gasteiger partial charge on any atom is 0.262 e. The fourth-order valence-corrected chi connectivity index (χ4v) is 8.26. The number of Topliss-reactive ketones (excluding diaryl/α,β-unsaturated/α-hetero) is 1. The molecule has 5 nitrogen and oxygen atoms in total. The van der Waals surface area contributed by atoms with Crippen molar-refractivity contribution in [3.63, 3.8) is 0 Å². The molecule has 198 valence electrons. The number of ether oxygens (including phenoxy) is 1. The fraction of sp³-hybridized carbons (Fsp3) is 0.742. The van der Waals surface area contributed by atoms with Gasteiger partial charge >= 0.3 is 0 Å². The Hall–Kier alpha value is -1.88. The average Bonchev–Trinajstić information content (AvgIpc) is 3.27. The van der Waals surface area contributed by atoms with Gasteiger partial charge < -0.3 is 14.4 Å². The van der Waals surface area contributed by atoms with E-state index >= 15 is 0 Å². The normalized spacial score (nSPS) is 39.7. The van der Waals surface area contributed by atoms with Gasteiger partial charge in [0.25, 0.3) is 5.88 Å². The number of benzene rings is 1. The first kappa shape index (κ1) is 25.8. The molecule has 0 amide bonds. The first-order chi connectivity index (χ1) is 17.1. The Kier molecular flexibility index (Phi) is 6.99. The van der Waals surface area contributed by atoms with Crippen LogP contribution >= 0.6 is 0 Å². The van der Waals surface area contributed by atoms with Gasteiger partial charge in [-0.3, -0.25) is 4.79 Å². The Morgan fingerprint density at radius 3 is 2.53 bits per heavy atom. The third-order valence-electron chi connectivity index (χ3n) is 11.0. The first-order valence-corrected chi connectivity index (χ1v) is 14.3. The molecule has 3 saturated carbocycles. The van der Waals surface area contributed by atoms with E-state index in [1.165, 1.54) is 25.7 Å². The molecule has 3 aliphatic carbocycles. The predicted octanol–water partition coefficient (Wildman–Crippen LogP) is 7.36. The fourth-order valence-electron chi connectivity index (χ4n) is 8.26. The van der Waals surface area contributed by atoms with E-state index in [9.17, 15) is 9.90 Å². The molecule has 3 aliphatic rings. The van der Waals surface area contributed by atoms with Crippen LogP contribution in [-0.4, -0.2) is 28.3 Å². The second-order valence-electron chi connectivity index (χ2n) is 13.2. The lowest BCUT2D eigenvalue weighted by molar-refractivity contribution is -0.135. The maximum atomic E-state index is 13.7. The quantitative estimate of drug-likeness (QED) is 0.480. The predicted molar refractivity (Wildman–Crippen MR) is 142 cm³/mol. The van der Waals surface area contributed by atoms with Crippen molar-refractivity contribution in [1.29, 1.82) is 0 Å². The van der Waals surface area contributed by atoms with Crippen LogP contribution in [0.3, 0.4) is 0 Å². The number of carbonyl (C=O) groups is 1. The number of para-hydroxylation sites is 1. The standard InChI is InChI=1S/C31H45NO4/c1-21-15-16-31(4)22(9-7-11-23-19-29(2,34)17-18-30(21,23)3)10-8-13-25(31)26(33)20-35-28-24-12-5-6-14-27(24)36-32-28/h5-6,12,14,21-23,25,34H,7-11,13,15-20H2,1-4H3/t21-,22-,23+,25-,29-,30-,31+/m1/s1. The van der Waals surface area contributed by atoms with E-state index in [-0.39, 0.29) is 29.1 Å². The molecule has 2 aromatic rings. The number of aliphatic hydroxyl groups is 1. The minimum Gasteiger partial charge on any atom is -0.467 e. The zero-order valence-electron chi connectivity index (χ0n) is 22.7. The van der Waals surface area contributed by atoms with Gasteiger partial charge in [0.15, 0.2) is 11.4 Å². The molecule has 3 fully saturated rings. The van der Waals surface area contributed by atoms with Crippen LogP contribution < -0.4 is 4.74 Å². The van der Waals surface area contributed by atoms with Gasteiger partial charge in [-0.2, -0.15) is 0 Å². The van der Waals surface area contributed by atoms with E-state index in [2.05, 4.69) is 25.9 Å². The number of rotatable bonds is 4. The summed E-state index contributed by atoms with van der Waals surface area (Å²) >= 11 is 0. The van der Waals surface area contributed by atoms with E-state index in [1.807, 2.05) is 31.2 Å². The summed E-state index contributed by atoms with van der Waals surface area (Å²) in [6.07, 6.45) is 12.1. The third kappa shape index (κ3) is 4.73. The Balaban J connectivity index is 1.32. The van der Waals surface area contributed by atoms with Crippen molar-refractivity contribution in [2.45, 2.75) is 104 Å². The van der Waals surface area contributed by atoms with Crippen LogP contribution in [0.2, 0.25) is 0 Å². The smallest absolute Gasteiger partial charge is 0.262 e. The number of nitrogens with zero attached hydrogens (tertiary/aromatic N) is 1. The molecule has 1 N–H and O–H groups in total. The van der Waals surface area contributed by atoms with Gasteiger partial charge in [0.05, 0.1) is 11.0 Å². The summed E-state index contributed by atoms with van der Waals surface area (Å²) in [6.45, 7) is 9.43. The number of ketones is 1. The average molecular weight is 496 g/mol. The summed E-state index contributed by atoms with van der Waals surface area (Å²) < 4.78 is 11.3. The number of aromatic nitrogens is 1. The van der Waals surface area contributed by atoms with Crippen LogP contribution in [0.1, 0.15) is 98.3 Å². The van der Waals surface area contributed by atoms with Crippen molar-refractivity contribution in [3.05, 3.63) is 24.3 Å². The molecule has 36 heavy (non-hydrogen) atoms. The Morgan fingerprint density at radius 2 is 1.72 bits per heavy atom. The number of fused-ring (bicyclic) bond motifs is 3. The van der Waals surface area contributed by atoms with Crippen LogP contribution in [0, 0.1) is 34.5 Å². The van der Waals surface area contributed by atoms with Crippen molar-refractivity contribution in [1.82, 2.24) is 5.16 Å². The minimum atomic E-state index is -0.514. The summed E-state index contributed by atoms with van der Waals surface area (Å²) in [5.74, 6) is 2.43. The molecule has 1 aromatic heterocycles. The largest absolute Gasteiger partial charge is 0.467 e. The first-order valence-electron chi connectivity index (χ1n) is 14.3. The summed E-state index contributed by atoms with van der Waals surface area (Å²) in [5.41, 5.74) is 0.459. The van der Waals surface area contributed by atoms with Gasteiger partial charge in [-0.25, -0.2) is 0 Å². The molecule has 0 unspecified atom stereocenters. The van der Waals surface area contributed by atoms with Gasteiger partial charge in [-0.15, -0.1) is 0 Å². The molecule has 0 spiro atoms. The SMILES string of the molecule is C[C@@H]1CC[C@@]2(C)[C@H](CCC[C@H]3C[C@](C)(O)CC[C@@]31C)CCC[C@@H]2C(=O)COc1noc2ccccc12. The molecule has 1 heterocycles. The molecule has 1 aromatic carbocycles. The second-order valence-corrected chi connectivity index (χ2v) is 13.2. The Morgan fingerprint density at radius 1 is 1.00 bits per heavy atom. The van der Waals surface area contributed by atoms with Crippen LogP contribution in [-0.2, 0) is 4.79 Å². The minimum absolute atomic E-state index is 0.0161. The monoisotopic (exact) mass is 495 g/mol. The van der Waals surface area contributed by atoms with E-state index in [0.29, 0.717) is 29.2 Å². The van der Waals surface area contributed by atoms with Crippen molar-refractivity contribution >= 4 is 16.8 Å². The lowest BCUT2D eigenvalue weighted by atomic mass is 9.52. The topological polar surface area (TPSA) is 72.6 Å². The molecular formula is C31H45NO4. The number of hydrogen-bond donors (Lipinski definition) is 1. The van der Waals surface area contributed by atoms with Crippen molar-refractivity contribution < 1.29 is 19.2 Å². The highest BCUT2D eigenvalue weighted by Crippen LogP contribution is 2.57. The van der Waals surface area contributed by atoms with Crippen LogP contribution in [0.4, 0.5) is 0 Å². The molecule has 5 rings (SSSR count). The number of carbonyl (C=O) groups excluding carboxylic acids is 1. The van der Waals surface area contributed by atoms with E-state index in [0.717, 1.165) is 50.3 Å². The van der Waals surface area contributed by atoms with E-state index in [1.54, 1.807) is 0 Å². The molecule has 0 aliphatic heterocycles. The van der Waals surface area contributed by atoms with Gasteiger partial charge in [0, 0.05) is 5.92 Å². The van der Waals surface area contributed by atoms with Gasteiger partial charge in [0.1, 0.15) is 6.61 Å². The zero-order chi connectivity index (χ0) is 25.6. The lowest BCUT2D eigenvalue weighted by Crippen LogP contribution is -2.48. The van der Waals surface area contributed by atoms with Gasteiger partial charge in [-0.05, 0) is 111 Å². The van der Waals surface area contributed by atoms with Crippen LogP contribution in [0.15, 0.2) is 28.8 Å². The summed E-state index contributed by atoms with van der Waals surface area (Å²) in [4.78, 5) is 13.7. The van der Waals surface area contributed by atoms with Crippen molar-refractivity contribution in [2.24, 2.45) is 34.5 Å². The van der Waals surface area contributed by atoms with Crippen molar-refractivity contribution in [2.75, 3.05) is 6.61 Å². The summed E-state index contributed by atoms with van der Waals surface area (Å²) in [7, 11) is 0. The summed E-state index contributed by atoms with van der Waals surface area (Å²) in [5, 5.41) is 15.7. The molecule has 0 radical (unpaired) electrons.